The molecule has 7 heteroatoms. The number of carbonyl (C=O) groups excluding carboxylic acids is 1. The Morgan fingerprint density at radius 1 is 1.07 bits per heavy atom. The van der Waals surface area contributed by atoms with Gasteiger partial charge in [0, 0.05) is 31.1 Å². The van der Waals surface area contributed by atoms with Gasteiger partial charge in [-0.2, -0.15) is 5.10 Å². The first kappa shape index (κ1) is 19.6. The van der Waals surface area contributed by atoms with Gasteiger partial charge in [-0.05, 0) is 29.8 Å². The van der Waals surface area contributed by atoms with Crippen LogP contribution in [0.3, 0.4) is 0 Å². The predicted octanol–water partition coefficient (Wildman–Crippen LogP) is 3.36. The van der Waals surface area contributed by atoms with Crippen LogP contribution in [0.1, 0.15) is 11.1 Å². The van der Waals surface area contributed by atoms with Gasteiger partial charge in [0.2, 0.25) is 0 Å². The molecule has 0 fully saturated rings. The fourth-order valence-electron chi connectivity index (χ4n) is 2.60. The maximum Gasteiger partial charge on any atom is 0.319 e. The van der Waals surface area contributed by atoms with Crippen LogP contribution in [0.5, 0.6) is 0 Å². The molecule has 0 aliphatic rings. The molecule has 28 heavy (non-hydrogen) atoms. The van der Waals surface area contributed by atoms with Crippen molar-refractivity contribution in [3.05, 3.63) is 78.1 Å². The highest BCUT2D eigenvalue weighted by Crippen LogP contribution is 2.12. The lowest BCUT2D eigenvalue weighted by Gasteiger charge is -2.09. The average molecular weight is 380 g/mol. The molecule has 0 radical (unpaired) electrons. The summed E-state index contributed by atoms with van der Waals surface area (Å²) in [6, 6.07) is 17.1. The Hall–Kier alpha value is -3.16. The van der Waals surface area contributed by atoms with Crippen molar-refractivity contribution < 1.29 is 14.3 Å². The van der Waals surface area contributed by atoms with Crippen LogP contribution >= 0.6 is 0 Å². The summed E-state index contributed by atoms with van der Waals surface area (Å²) in [6.07, 6.45) is 3.64. The number of para-hydroxylation sites is 1. The van der Waals surface area contributed by atoms with Gasteiger partial charge < -0.3 is 20.1 Å². The van der Waals surface area contributed by atoms with Crippen molar-refractivity contribution in [2.45, 2.75) is 13.2 Å². The molecule has 1 aromatic heterocycles. The number of benzene rings is 2. The van der Waals surface area contributed by atoms with Crippen molar-refractivity contribution in [3.8, 4) is 5.69 Å². The third-order valence-electron chi connectivity index (χ3n) is 4.00. The van der Waals surface area contributed by atoms with Crippen LogP contribution in [-0.2, 0) is 22.6 Å². The van der Waals surface area contributed by atoms with Crippen LogP contribution in [0.2, 0.25) is 0 Å². The number of hydrogen-bond donors (Lipinski definition) is 2. The number of hydrogen-bond acceptors (Lipinski definition) is 4. The molecule has 0 atom stereocenters. The molecule has 2 N–H and O–H groups in total. The molecule has 0 aliphatic carbocycles. The first-order valence-electron chi connectivity index (χ1n) is 9.04. The summed E-state index contributed by atoms with van der Waals surface area (Å²) in [6.45, 7) is 1.95. The number of carbonyl (C=O) groups is 1. The lowest BCUT2D eigenvalue weighted by atomic mass is 10.2. The Balaban J connectivity index is 1.47. The number of nitrogens with one attached hydrogen (secondary N) is 2. The molecule has 0 bridgehead atoms. The Morgan fingerprint density at radius 2 is 1.93 bits per heavy atom. The van der Waals surface area contributed by atoms with Gasteiger partial charge in [-0.25, -0.2) is 9.48 Å². The molecule has 1 heterocycles. The van der Waals surface area contributed by atoms with Gasteiger partial charge in [0.25, 0.3) is 0 Å². The van der Waals surface area contributed by atoms with Crippen molar-refractivity contribution in [2.24, 2.45) is 0 Å². The second-order valence-electron chi connectivity index (χ2n) is 6.18. The fourth-order valence-corrected chi connectivity index (χ4v) is 2.60. The van der Waals surface area contributed by atoms with Gasteiger partial charge in [-0.1, -0.05) is 30.3 Å². The normalized spacial score (nSPS) is 10.6. The van der Waals surface area contributed by atoms with E-state index < -0.39 is 0 Å². The second-order valence-corrected chi connectivity index (χ2v) is 6.18. The number of anilines is 1. The third-order valence-corrected chi connectivity index (χ3v) is 4.00. The van der Waals surface area contributed by atoms with Crippen LogP contribution < -0.4 is 10.6 Å². The number of urea groups is 1. The Morgan fingerprint density at radius 3 is 2.75 bits per heavy atom. The fraction of sp³-hybridized carbons (Fsp3) is 0.238. The molecule has 2 amide bonds. The molecule has 0 aliphatic heterocycles. The highest BCUT2D eigenvalue weighted by molar-refractivity contribution is 5.89. The summed E-state index contributed by atoms with van der Waals surface area (Å²) in [7, 11) is 1.64. The van der Waals surface area contributed by atoms with E-state index >= 15 is 0 Å². The summed E-state index contributed by atoms with van der Waals surface area (Å²) >= 11 is 0. The topological polar surface area (TPSA) is 77.4 Å². The number of ether oxygens (including phenoxy) is 2. The molecule has 0 unspecified atom stereocenters. The van der Waals surface area contributed by atoms with Gasteiger partial charge in [0.05, 0.1) is 31.7 Å². The van der Waals surface area contributed by atoms with Gasteiger partial charge in [0.1, 0.15) is 0 Å². The van der Waals surface area contributed by atoms with Crippen LogP contribution in [0.15, 0.2) is 67.0 Å². The zero-order valence-electron chi connectivity index (χ0n) is 15.8. The van der Waals surface area contributed by atoms with E-state index in [1.165, 1.54) is 0 Å². The molecule has 7 nitrogen and oxygen atoms in total. The second kappa shape index (κ2) is 10.2. The van der Waals surface area contributed by atoms with Gasteiger partial charge in [-0.3, -0.25) is 0 Å². The number of amides is 2. The summed E-state index contributed by atoms with van der Waals surface area (Å²) in [5.41, 5.74) is 3.59. The number of aromatic nitrogens is 2. The predicted molar refractivity (Wildman–Crippen MR) is 107 cm³/mol. The largest absolute Gasteiger partial charge is 0.382 e. The maximum atomic E-state index is 12.2. The van der Waals surface area contributed by atoms with E-state index in [9.17, 15) is 4.79 Å². The monoisotopic (exact) mass is 380 g/mol. The molecule has 0 spiro atoms. The van der Waals surface area contributed by atoms with E-state index in [2.05, 4.69) is 15.7 Å². The molecular formula is C21H24N4O3. The Kier molecular flexibility index (Phi) is 7.17. The SMILES string of the molecule is COCCOCc1cccc(NC(=O)NCc2cnn(-c3ccccc3)c2)c1. The minimum absolute atomic E-state index is 0.273. The molecular weight excluding hydrogens is 356 g/mol. The quantitative estimate of drug-likeness (QED) is 0.558. The van der Waals surface area contributed by atoms with E-state index in [0.29, 0.717) is 32.1 Å². The van der Waals surface area contributed by atoms with E-state index in [-0.39, 0.29) is 6.03 Å². The lowest BCUT2D eigenvalue weighted by Crippen LogP contribution is -2.28. The average Bonchev–Trinajstić information content (AvgIpc) is 3.20. The maximum absolute atomic E-state index is 12.2. The van der Waals surface area contributed by atoms with Gasteiger partial charge in [0.15, 0.2) is 0 Å². The molecule has 2 aromatic carbocycles. The van der Waals surface area contributed by atoms with Crippen molar-refractivity contribution in [1.29, 1.82) is 0 Å². The smallest absolute Gasteiger partial charge is 0.319 e. The molecule has 3 aromatic rings. The van der Waals surface area contributed by atoms with Crippen molar-refractivity contribution in [2.75, 3.05) is 25.6 Å². The number of nitrogens with zero attached hydrogens (tertiary/aromatic N) is 2. The molecule has 3 rings (SSSR count). The molecule has 146 valence electrons. The minimum Gasteiger partial charge on any atom is -0.382 e. The minimum atomic E-state index is -0.273. The van der Waals surface area contributed by atoms with Crippen LogP contribution in [-0.4, -0.2) is 36.1 Å². The first-order valence-corrected chi connectivity index (χ1v) is 9.04. The number of rotatable bonds is 9. The number of methoxy groups -OCH3 is 1. The summed E-state index contributed by atoms with van der Waals surface area (Å²) < 4.78 is 12.2. The Bertz CT molecular complexity index is 880. The lowest BCUT2D eigenvalue weighted by molar-refractivity contribution is 0.0617. The van der Waals surface area contributed by atoms with Crippen LogP contribution in [0.25, 0.3) is 5.69 Å². The standard InChI is InChI=1S/C21H24N4O3/c1-27-10-11-28-16-17-6-5-7-19(12-17)24-21(26)22-13-18-14-23-25(15-18)20-8-3-2-4-9-20/h2-9,12,14-15H,10-11,13,16H2,1H3,(H2,22,24,26). The summed E-state index contributed by atoms with van der Waals surface area (Å²) in [5.74, 6) is 0. The van der Waals surface area contributed by atoms with Crippen molar-refractivity contribution in [3.63, 3.8) is 0 Å². The van der Waals surface area contributed by atoms with Gasteiger partial charge in [-0.15, -0.1) is 0 Å². The Labute approximate surface area is 164 Å². The van der Waals surface area contributed by atoms with Crippen molar-refractivity contribution >= 4 is 11.7 Å². The van der Waals surface area contributed by atoms with Gasteiger partial charge >= 0.3 is 6.03 Å². The van der Waals surface area contributed by atoms with E-state index in [0.717, 1.165) is 16.8 Å². The van der Waals surface area contributed by atoms with E-state index in [1.54, 1.807) is 18.0 Å². The zero-order valence-corrected chi connectivity index (χ0v) is 15.8. The highest BCUT2D eigenvalue weighted by Gasteiger charge is 2.05. The van der Waals surface area contributed by atoms with Crippen LogP contribution in [0, 0.1) is 0 Å². The van der Waals surface area contributed by atoms with E-state index in [4.69, 9.17) is 9.47 Å². The van der Waals surface area contributed by atoms with Crippen LogP contribution in [0.4, 0.5) is 10.5 Å². The zero-order chi connectivity index (χ0) is 19.6. The van der Waals surface area contributed by atoms with E-state index in [1.807, 2.05) is 60.8 Å². The highest BCUT2D eigenvalue weighted by atomic mass is 16.5. The molecule has 0 saturated carbocycles. The summed E-state index contributed by atoms with van der Waals surface area (Å²) in [5, 5.41) is 10.00. The van der Waals surface area contributed by atoms with Crippen molar-refractivity contribution in [1.82, 2.24) is 15.1 Å². The molecule has 0 saturated heterocycles. The summed E-state index contributed by atoms with van der Waals surface area (Å²) in [4.78, 5) is 12.2. The third kappa shape index (κ3) is 5.94. The first-order chi connectivity index (χ1) is 13.7.